The predicted molar refractivity (Wildman–Crippen MR) is 217 cm³/mol. The van der Waals surface area contributed by atoms with Crippen LogP contribution in [0.4, 0.5) is 8.78 Å². The largest absolute Gasteiger partial charge is 0.381 e. The van der Waals surface area contributed by atoms with Gasteiger partial charge >= 0.3 is 0 Å². The minimum absolute atomic E-state index is 0.116. The molecule has 2 saturated heterocycles. The minimum atomic E-state index is -2.67. The molecule has 1 unspecified atom stereocenters. The van der Waals surface area contributed by atoms with E-state index in [2.05, 4.69) is 26.1 Å². The molecule has 0 bridgehead atoms. The number of amides is 3. The number of rotatable bonds is 16. The van der Waals surface area contributed by atoms with Gasteiger partial charge in [-0.15, -0.1) is 0 Å². The molecule has 5 aliphatic rings. The monoisotopic (exact) mass is 796 g/mol. The van der Waals surface area contributed by atoms with E-state index < -0.39 is 5.92 Å². The molecule has 3 fully saturated rings. The molecular weight excluding hydrogens is 739 g/mol. The highest BCUT2D eigenvalue weighted by Gasteiger charge is 2.39. The lowest BCUT2D eigenvalue weighted by atomic mass is 9.86. The number of aryl methyl sites for hydroxylation is 1. The Kier molecular flexibility index (Phi) is 12.9. The van der Waals surface area contributed by atoms with Gasteiger partial charge < -0.3 is 15.0 Å². The van der Waals surface area contributed by atoms with Crippen molar-refractivity contribution in [2.75, 3.05) is 65.6 Å². The van der Waals surface area contributed by atoms with E-state index in [4.69, 9.17) is 9.72 Å². The molecule has 2 aliphatic carbocycles. The quantitative estimate of drug-likeness (QED) is 0.129. The summed E-state index contributed by atoms with van der Waals surface area (Å²) in [6, 6.07) is 21.6. The second-order valence-electron chi connectivity index (χ2n) is 17.2. The molecule has 58 heavy (non-hydrogen) atoms. The Morgan fingerprint density at radius 3 is 2.38 bits per heavy atom. The fourth-order valence-corrected chi connectivity index (χ4v) is 9.82. The third-order valence-corrected chi connectivity index (χ3v) is 13.2. The average Bonchev–Trinajstić information content (AvgIpc) is 3.47. The van der Waals surface area contributed by atoms with Crippen LogP contribution in [0.5, 0.6) is 0 Å². The van der Waals surface area contributed by atoms with Crippen LogP contribution in [-0.4, -0.2) is 120 Å². The van der Waals surface area contributed by atoms with Crippen molar-refractivity contribution in [1.29, 1.82) is 0 Å². The summed E-state index contributed by atoms with van der Waals surface area (Å²) in [5.74, 6) is -3.05. The van der Waals surface area contributed by atoms with Crippen LogP contribution in [0.25, 0.3) is 0 Å². The van der Waals surface area contributed by atoms with Crippen molar-refractivity contribution >= 4 is 17.7 Å². The first-order chi connectivity index (χ1) is 28.2. The van der Waals surface area contributed by atoms with E-state index in [0.29, 0.717) is 23.6 Å². The number of nitrogens with one attached hydrogen (secondary N) is 1. The van der Waals surface area contributed by atoms with Crippen LogP contribution >= 0.6 is 0 Å². The minimum Gasteiger partial charge on any atom is -0.381 e. The number of fused-ring (bicyclic) bond motifs is 2. The van der Waals surface area contributed by atoms with Crippen LogP contribution in [0.2, 0.25) is 0 Å². The molecule has 3 aliphatic heterocycles. The maximum Gasteiger partial charge on any atom is 0.261 e. The van der Waals surface area contributed by atoms with Gasteiger partial charge in [0, 0.05) is 82.7 Å². The maximum atomic E-state index is 13.9. The van der Waals surface area contributed by atoms with E-state index in [0.717, 1.165) is 103 Å². The number of halogens is 2. The van der Waals surface area contributed by atoms with Crippen LogP contribution in [0.15, 0.2) is 72.9 Å². The fraction of sp³-hybridized carbons (Fsp3) is 0.565. The van der Waals surface area contributed by atoms with Gasteiger partial charge in [-0.05, 0) is 87.2 Å². The van der Waals surface area contributed by atoms with Crippen LogP contribution in [0.1, 0.15) is 107 Å². The van der Waals surface area contributed by atoms with Crippen molar-refractivity contribution in [2.45, 2.75) is 88.3 Å². The molecule has 12 heteroatoms. The van der Waals surface area contributed by atoms with Crippen molar-refractivity contribution in [1.82, 2.24) is 29.9 Å². The Bertz CT molecular complexity index is 1850. The molecule has 3 atom stereocenters. The number of carbonyl (C=O) groups excluding carboxylic acids is 3. The SMILES string of the molecule is O=C(NC(CCN1CCN(CC2COC2)[C@@H](CN(CCCCN2C(=O)c3ccccc3C2=O)[C@H]2CCCc3cccnc32)C1)c1ccccc1)C1CCC(F)(F)CC1. The zero-order valence-electron chi connectivity index (χ0n) is 33.6. The highest BCUT2D eigenvalue weighted by molar-refractivity contribution is 6.21. The molecule has 310 valence electrons. The smallest absolute Gasteiger partial charge is 0.261 e. The Morgan fingerprint density at radius 2 is 1.66 bits per heavy atom. The van der Waals surface area contributed by atoms with Gasteiger partial charge in [-0.1, -0.05) is 48.5 Å². The number of aromatic nitrogens is 1. The number of hydrogen-bond acceptors (Lipinski definition) is 8. The number of imide groups is 1. The van der Waals surface area contributed by atoms with Gasteiger partial charge in [0.05, 0.1) is 42.1 Å². The number of benzene rings is 2. The van der Waals surface area contributed by atoms with Crippen molar-refractivity contribution < 1.29 is 27.9 Å². The van der Waals surface area contributed by atoms with Crippen LogP contribution < -0.4 is 5.32 Å². The predicted octanol–water partition coefficient (Wildman–Crippen LogP) is 6.54. The van der Waals surface area contributed by atoms with Gasteiger partial charge in [-0.3, -0.25) is 34.1 Å². The summed E-state index contributed by atoms with van der Waals surface area (Å²) in [5, 5.41) is 3.28. The molecule has 0 radical (unpaired) electrons. The second-order valence-corrected chi connectivity index (χ2v) is 17.2. The molecule has 2 aromatic carbocycles. The lowest BCUT2D eigenvalue weighted by Crippen LogP contribution is -2.59. The highest BCUT2D eigenvalue weighted by atomic mass is 19.3. The van der Waals surface area contributed by atoms with Gasteiger partial charge in [0.2, 0.25) is 11.8 Å². The number of alkyl halides is 2. The Labute approximate surface area is 341 Å². The number of piperazine rings is 1. The van der Waals surface area contributed by atoms with Gasteiger partial charge in [0.1, 0.15) is 0 Å². The second kappa shape index (κ2) is 18.4. The van der Waals surface area contributed by atoms with Crippen LogP contribution in [-0.2, 0) is 16.0 Å². The van der Waals surface area contributed by atoms with E-state index >= 15 is 0 Å². The van der Waals surface area contributed by atoms with Crippen molar-refractivity contribution in [2.24, 2.45) is 11.8 Å². The summed E-state index contributed by atoms with van der Waals surface area (Å²) in [6.07, 6.45) is 7.35. The molecule has 4 heterocycles. The first-order valence-electron chi connectivity index (χ1n) is 21.6. The maximum absolute atomic E-state index is 13.9. The van der Waals surface area contributed by atoms with E-state index in [-0.39, 0.29) is 67.4 Å². The molecule has 10 nitrogen and oxygen atoms in total. The van der Waals surface area contributed by atoms with Gasteiger partial charge in [-0.25, -0.2) is 8.78 Å². The van der Waals surface area contributed by atoms with Crippen LogP contribution in [0.3, 0.4) is 0 Å². The summed E-state index contributed by atoms with van der Waals surface area (Å²) in [4.78, 5) is 53.9. The Hall–Kier alpha value is -4.10. The Balaban J connectivity index is 0.955. The summed E-state index contributed by atoms with van der Waals surface area (Å²) in [5.41, 5.74) is 4.51. The fourth-order valence-electron chi connectivity index (χ4n) is 9.82. The van der Waals surface area contributed by atoms with Crippen molar-refractivity contribution in [3.05, 3.63) is 101 Å². The molecule has 1 N–H and O–H groups in total. The molecule has 0 spiro atoms. The number of pyridine rings is 1. The van der Waals surface area contributed by atoms with E-state index in [1.54, 1.807) is 24.3 Å². The van der Waals surface area contributed by atoms with E-state index in [9.17, 15) is 23.2 Å². The Morgan fingerprint density at radius 1 is 0.914 bits per heavy atom. The number of unbranched alkanes of at least 4 members (excludes halogenated alkanes) is 1. The average molecular weight is 797 g/mol. The number of hydrogen-bond donors (Lipinski definition) is 1. The molecule has 3 aromatic rings. The van der Waals surface area contributed by atoms with Crippen molar-refractivity contribution in [3.63, 3.8) is 0 Å². The van der Waals surface area contributed by atoms with E-state index in [1.807, 2.05) is 42.6 Å². The van der Waals surface area contributed by atoms with Crippen LogP contribution in [0, 0.1) is 11.8 Å². The zero-order valence-corrected chi connectivity index (χ0v) is 33.6. The zero-order chi connectivity index (χ0) is 40.1. The van der Waals surface area contributed by atoms with Gasteiger partial charge in [0.25, 0.3) is 11.8 Å². The summed E-state index contributed by atoms with van der Waals surface area (Å²) in [6.45, 7) is 8.22. The lowest BCUT2D eigenvalue weighted by Gasteiger charge is -2.47. The molecule has 3 amide bonds. The van der Waals surface area contributed by atoms with Crippen molar-refractivity contribution in [3.8, 4) is 0 Å². The molecular formula is C46H58F2N6O4. The summed E-state index contributed by atoms with van der Waals surface area (Å²) in [7, 11) is 0. The molecule has 1 aromatic heterocycles. The third-order valence-electron chi connectivity index (χ3n) is 13.2. The number of nitrogens with zero attached hydrogens (tertiary/aromatic N) is 5. The first kappa shape index (κ1) is 40.7. The normalized spacial score (nSPS) is 23.4. The standard InChI is InChI=1S/C46H58F2N6O4/c47-46(48)20-17-36(18-21-46)43(55)50-40(34-10-2-1-3-11-34)19-25-51-26-27-52(28-33-31-58-32-33)37(29-51)30-53(41-16-8-12-35-13-9-22-49-42(35)41)23-6-7-24-54-44(56)38-14-4-5-15-39(38)45(54)57/h1-5,9-11,13-15,22,33,36-37,40-41H,6-8,12,16-21,23-32H2,(H,50,55)/t37-,40?,41+/m1/s1. The van der Waals surface area contributed by atoms with Gasteiger partial charge in [-0.2, -0.15) is 0 Å². The molecule has 1 saturated carbocycles. The first-order valence-corrected chi connectivity index (χ1v) is 21.6. The number of ether oxygens (including phenoxy) is 1. The summed E-state index contributed by atoms with van der Waals surface area (Å²) >= 11 is 0. The third kappa shape index (κ3) is 9.51. The summed E-state index contributed by atoms with van der Waals surface area (Å²) < 4.78 is 33.5. The highest BCUT2D eigenvalue weighted by Crippen LogP contribution is 2.37. The number of carbonyl (C=O) groups is 3. The molecule has 8 rings (SSSR count). The van der Waals surface area contributed by atoms with Gasteiger partial charge in [0.15, 0.2) is 0 Å². The van der Waals surface area contributed by atoms with E-state index in [1.165, 1.54) is 16.2 Å². The topological polar surface area (TPSA) is 98.3 Å². The lowest BCUT2D eigenvalue weighted by molar-refractivity contribution is -0.130.